The molecule has 0 N–H and O–H groups in total. The van der Waals surface area contributed by atoms with Gasteiger partial charge in [0.2, 0.25) is 0 Å². The number of fused-ring (bicyclic) bond motifs is 3. The minimum atomic E-state index is -0.763. The van der Waals surface area contributed by atoms with Gasteiger partial charge < -0.3 is 4.90 Å². The largest absolute Gasteiger partial charge is 0.335 e. The molecule has 0 aromatic heterocycles. The second kappa shape index (κ2) is 8.41. The topological polar surface area (TPSA) is 3.24 Å². The number of hydrogen-bond acceptors (Lipinski definition) is 1. The van der Waals surface area contributed by atoms with Crippen LogP contribution < -0.4 is 4.90 Å². The Hall–Kier alpha value is -3.32. The maximum atomic E-state index is 9.22. The zero-order valence-electron chi connectivity index (χ0n) is 23.1. The van der Waals surface area contributed by atoms with E-state index in [1.54, 1.807) is 0 Å². The molecule has 1 heteroatoms. The second-order valence-electron chi connectivity index (χ2n) is 11.5. The smallest absolute Gasteiger partial charge is 0.0495 e. The van der Waals surface area contributed by atoms with Crippen molar-refractivity contribution in [2.75, 3.05) is 4.90 Å². The SMILES string of the molecule is [2H]C(C)(C)c1cc2c(cc1N(c1ccccc1-c1ccccc1)C(C)(C)C)-c1ccccc1C2(C)C. The average molecular weight is 461 g/mol. The number of rotatable bonds is 4. The van der Waals surface area contributed by atoms with E-state index in [-0.39, 0.29) is 11.0 Å². The molecule has 0 radical (unpaired) electrons. The van der Waals surface area contributed by atoms with Gasteiger partial charge in [-0.1, -0.05) is 107 Å². The first kappa shape index (κ1) is 22.2. The fourth-order valence-electron chi connectivity index (χ4n) is 5.70. The van der Waals surface area contributed by atoms with Crippen LogP contribution in [0.4, 0.5) is 11.4 Å². The van der Waals surface area contributed by atoms with Gasteiger partial charge in [0, 0.05) is 29.3 Å². The summed E-state index contributed by atoms with van der Waals surface area (Å²) in [6, 6.07) is 32.7. The monoisotopic (exact) mass is 460 g/mol. The molecule has 4 aromatic rings. The fourth-order valence-corrected chi connectivity index (χ4v) is 5.70. The molecule has 5 rings (SSSR count). The molecule has 1 aliphatic carbocycles. The molecule has 0 unspecified atom stereocenters. The van der Waals surface area contributed by atoms with Crippen LogP contribution in [0.25, 0.3) is 22.3 Å². The predicted molar refractivity (Wildman–Crippen MR) is 152 cm³/mol. The molecule has 0 bridgehead atoms. The molecule has 0 atom stereocenters. The summed E-state index contributed by atoms with van der Waals surface area (Å²) in [5.41, 5.74) is 10.7. The second-order valence-corrected chi connectivity index (χ2v) is 11.5. The van der Waals surface area contributed by atoms with Gasteiger partial charge in [0.1, 0.15) is 0 Å². The Labute approximate surface area is 212 Å². The highest BCUT2D eigenvalue weighted by atomic mass is 15.2. The van der Waals surface area contributed by atoms with Crippen molar-refractivity contribution < 1.29 is 1.37 Å². The van der Waals surface area contributed by atoms with E-state index in [0.717, 1.165) is 16.9 Å². The van der Waals surface area contributed by atoms with E-state index in [0.29, 0.717) is 0 Å². The molecule has 178 valence electrons. The molecular weight excluding hydrogens is 422 g/mol. The lowest BCUT2D eigenvalue weighted by atomic mass is 9.80. The van der Waals surface area contributed by atoms with Crippen LogP contribution in [0.3, 0.4) is 0 Å². The van der Waals surface area contributed by atoms with Crippen molar-refractivity contribution in [3.05, 3.63) is 108 Å². The van der Waals surface area contributed by atoms with Crippen molar-refractivity contribution in [1.29, 1.82) is 0 Å². The van der Waals surface area contributed by atoms with Crippen molar-refractivity contribution in [1.82, 2.24) is 0 Å². The molecule has 0 aliphatic heterocycles. The molecule has 35 heavy (non-hydrogen) atoms. The first-order valence-corrected chi connectivity index (χ1v) is 12.6. The van der Waals surface area contributed by atoms with Gasteiger partial charge in [-0.05, 0) is 72.2 Å². The highest BCUT2D eigenvalue weighted by Crippen LogP contribution is 2.53. The summed E-state index contributed by atoms with van der Waals surface area (Å²) in [4.78, 5) is 2.45. The van der Waals surface area contributed by atoms with Gasteiger partial charge in [-0.25, -0.2) is 0 Å². The van der Waals surface area contributed by atoms with Crippen LogP contribution in [0.15, 0.2) is 91.0 Å². The molecule has 1 nitrogen and oxygen atoms in total. The zero-order valence-corrected chi connectivity index (χ0v) is 22.1. The molecule has 0 fully saturated rings. The lowest BCUT2D eigenvalue weighted by Gasteiger charge is -2.41. The van der Waals surface area contributed by atoms with Crippen molar-refractivity contribution in [2.45, 2.75) is 65.3 Å². The van der Waals surface area contributed by atoms with E-state index in [1.807, 2.05) is 13.8 Å². The predicted octanol–water partition coefficient (Wildman–Crippen LogP) is 9.72. The van der Waals surface area contributed by atoms with Crippen LogP contribution in [0.5, 0.6) is 0 Å². The van der Waals surface area contributed by atoms with E-state index in [1.165, 1.54) is 33.4 Å². The van der Waals surface area contributed by atoms with E-state index >= 15 is 0 Å². The van der Waals surface area contributed by atoms with Crippen LogP contribution >= 0.6 is 0 Å². The first-order valence-electron chi connectivity index (χ1n) is 13.1. The highest BCUT2D eigenvalue weighted by molar-refractivity contribution is 5.89. The average Bonchev–Trinajstić information content (AvgIpc) is 3.05. The number of nitrogens with zero attached hydrogens (tertiary/aromatic N) is 1. The standard InChI is InChI=1S/C34H37N/c1-23(2)27-21-30-28(26-18-11-13-19-29(26)34(30,6)7)22-32(27)35(33(3,4)5)31-20-14-12-17-25(31)24-15-9-8-10-16-24/h8-23H,1-7H3/i23D. The number of para-hydroxylation sites is 1. The van der Waals surface area contributed by atoms with Gasteiger partial charge in [0.15, 0.2) is 0 Å². The minimum absolute atomic E-state index is 0.0982. The Kier molecular flexibility index (Phi) is 5.33. The number of anilines is 2. The Morgan fingerprint density at radius 3 is 1.94 bits per heavy atom. The van der Waals surface area contributed by atoms with Crippen LogP contribution in [0.1, 0.15) is 72.4 Å². The fraction of sp³-hybridized carbons (Fsp3) is 0.294. The molecule has 4 aromatic carbocycles. The molecule has 1 aliphatic rings. The summed E-state index contributed by atoms with van der Waals surface area (Å²) < 4.78 is 9.22. The van der Waals surface area contributed by atoms with Gasteiger partial charge in [-0.3, -0.25) is 0 Å². The zero-order chi connectivity index (χ0) is 25.9. The first-order chi connectivity index (χ1) is 16.9. The van der Waals surface area contributed by atoms with Gasteiger partial charge in [0.05, 0.1) is 0 Å². The number of benzene rings is 4. The van der Waals surface area contributed by atoms with Crippen LogP contribution in [0, 0.1) is 0 Å². The van der Waals surface area contributed by atoms with E-state index in [4.69, 9.17) is 0 Å². The molecule has 0 spiro atoms. The van der Waals surface area contributed by atoms with Crippen molar-refractivity contribution >= 4 is 11.4 Å². The third kappa shape index (κ3) is 3.88. The van der Waals surface area contributed by atoms with Crippen molar-refractivity contribution in [3.63, 3.8) is 0 Å². The normalized spacial score (nSPS) is 14.8. The van der Waals surface area contributed by atoms with Crippen molar-refractivity contribution in [2.24, 2.45) is 0 Å². The highest BCUT2D eigenvalue weighted by Gasteiger charge is 2.38. The Morgan fingerprint density at radius 1 is 0.686 bits per heavy atom. The third-order valence-corrected chi connectivity index (χ3v) is 7.38. The minimum Gasteiger partial charge on any atom is -0.335 e. The summed E-state index contributed by atoms with van der Waals surface area (Å²) >= 11 is 0. The molecule has 0 amide bonds. The summed E-state index contributed by atoms with van der Waals surface area (Å²) in [7, 11) is 0. The Balaban J connectivity index is 1.84. The van der Waals surface area contributed by atoms with Crippen molar-refractivity contribution in [3.8, 4) is 22.3 Å². The lowest BCUT2D eigenvalue weighted by molar-refractivity contribution is 0.557. The number of hydrogen-bond donors (Lipinski definition) is 0. The Bertz CT molecular complexity index is 1420. The third-order valence-electron chi connectivity index (χ3n) is 7.38. The molecular formula is C34H37N. The van der Waals surface area contributed by atoms with Gasteiger partial charge in [-0.15, -0.1) is 0 Å². The van der Waals surface area contributed by atoms with Crippen LogP contribution in [-0.4, -0.2) is 5.54 Å². The molecule has 0 heterocycles. The van der Waals surface area contributed by atoms with Crippen LogP contribution in [0.2, 0.25) is 0 Å². The van der Waals surface area contributed by atoms with E-state index < -0.39 is 5.89 Å². The lowest BCUT2D eigenvalue weighted by Crippen LogP contribution is -2.38. The maximum absolute atomic E-state index is 9.22. The Morgan fingerprint density at radius 2 is 1.29 bits per heavy atom. The molecule has 0 saturated heterocycles. The maximum Gasteiger partial charge on any atom is 0.0495 e. The summed E-state index contributed by atoms with van der Waals surface area (Å²) in [6.07, 6.45) is 0. The van der Waals surface area contributed by atoms with E-state index in [9.17, 15) is 1.37 Å². The summed E-state index contributed by atoms with van der Waals surface area (Å²) in [5.74, 6) is -0.763. The van der Waals surface area contributed by atoms with E-state index in [2.05, 4.69) is 131 Å². The van der Waals surface area contributed by atoms with Gasteiger partial charge >= 0.3 is 0 Å². The molecule has 0 saturated carbocycles. The van der Waals surface area contributed by atoms with Crippen LogP contribution in [-0.2, 0) is 5.41 Å². The summed E-state index contributed by atoms with van der Waals surface area (Å²) in [5, 5.41) is 0. The van der Waals surface area contributed by atoms with Gasteiger partial charge in [-0.2, -0.15) is 0 Å². The summed E-state index contributed by atoms with van der Waals surface area (Å²) in [6.45, 7) is 15.4. The van der Waals surface area contributed by atoms with Gasteiger partial charge in [0.25, 0.3) is 0 Å². The quantitative estimate of drug-likeness (QED) is 0.293.